The molecule has 0 saturated heterocycles. The quantitative estimate of drug-likeness (QED) is 0.868. The first-order chi connectivity index (χ1) is 9.61. The Kier molecular flexibility index (Phi) is 2.56. The summed E-state index contributed by atoms with van der Waals surface area (Å²) in [6.07, 6.45) is 8.18. The molecule has 4 aliphatic rings. The number of hydrogen-bond donors (Lipinski definition) is 2. The summed E-state index contributed by atoms with van der Waals surface area (Å²) < 4.78 is 0. The molecule has 4 saturated carbocycles. The van der Waals surface area contributed by atoms with Crippen molar-refractivity contribution >= 4 is 11.7 Å². The molecule has 4 nitrogen and oxygen atoms in total. The summed E-state index contributed by atoms with van der Waals surface area (Å²) in [6.45, 7) is 0. The molecule has 4 fully saturated rings. The summed E-state index contributed by atoms with van der Waals surface area (Å²) in [5, 5.41) is 9.02. The molecule has 4 bridgehead atoms. The van der Waals surface area contributed by atoms with Gasteiger partial charge in [0, 0.05) is 12.1 Å². The fourth-order valence-corrected chi connectivity index (χ4v) is 5.26. The first kappa shape index (κ1) is 12.2. The van der Waals surface area contributed by atoms with E-state index in [1.54, 1.807) is 6.07 Å². The largest absolute Gasteiger partial charge is 0.478 e. The third-order valence-electron chi connectivity index (χ3n) is 5.74. The molecule has 0 spiro atoms. The molecule has 0 aromatic carbocycles. The maximum absolute atomic E-state index is 11.0. The number of nitrogen functional groups attached to an aromatic ring is 1. The number of aromatic carboxylic acids is 1. The van der Waals surface area contributed by atoms with Gasteiger partial charge in [-0.15, -0.1) is 0 Å². The van der Waals surface area contributed by atoms with E-state index in [1.165, 1.54) is 38.3 Å². The predicted octanol–water partition coefficient (Wildman–Crippen LogP) is 2.90. The molecule has 0 atom stereocenters. The molecule has 1 heterocycles. The minimum Gasteiger partial charge on any atom is -0.478 e. The van der Waals surface area contributed by atoms with Gasteiger partial charge in [-0.05, 0) is 61.8 Å². The predicted molar refractivity (Wildman–Crippen MR) is 75.4 cm³/mol. The highest BCUT2D eigenvalue weighted by molar-refractivity contribution is 5.88. The number of rotatable bonds is 2. The van der Waals surface area contributed by atoms with Gasteiger partial charge in [0.2, 0.25) is 0 Å². The molecule has 1 aromatic rings. The summed E-state index contributed by atoms with van der Waals surface area (Å²) >= 11 is 0. The van der Waals surface area contributed by atoms with Crippen molar-refractivity contribution < 1.29 is 9.90 Å². The van der Waals surface area contributed by atoms with Gasteiger partial charge in [-0.25, -0.2) is 4.79 Å². The Balaban J connectivity index is 1.69. The lowest BCUT2D eigenvalue weighted by molar-refractivity contribution is -0.00390. The van der Waals surface area contributed by atoms with Crippen molar-refractivity contribution in [2.45, 2.75) is 38.0 Å². The van der Waals surface area contributed by atoms with E-state index < -0.39 is 5.97 Å². The minimum absolute atomic E-state index is 0.190. The van der Waals surface area contributed by atoms with Crippen molar-refractivity contribution in [2.24, 2.45) is 23.7 Å². The van der Waals surface area contributed by atoms with Gasteiger partial charge in [0.25, 0.3) is 0 Å². The lowest BCUT2D eigenvalue weighted by atomic mass is 9.51. The average Bonchev–Trinajstić information content (AvgIpc) is 2.38. The number of nitrogens with zero attached hydrogens (tertiary/aromatic N) is 1. The lowest BCUT2D eigenvalue weighted by Crippen LogP contribution is -2.44. The van der Waals surface area contributed by atoms with E-state index in [0.29, 0.717) is 11.6 Å². The van der Waals surface area contributed by atoms with E-state index in [1.807, 2.05) is 0 Å². The van der Waals surface area contributed by atoms with Crippen LogP contribution < -0.4 is 5.73 Å². The van der Waals surface area contributed by atoms with Gasteiger partial charge < -0.3 is 10.8 Å². The molecular weight excluding hydrogens is 252 g/mol. The Labute approximate surface area is 118 Å². The Morgan fingerprint density at radius 2 is 1.75 bits per heavy atom. The fourth-order valence-electron chi connectivity index (χ4n) is 5.26. The minimum atomic E-state index is -0.958. The zero-order valence-electron chi connectivity index (χ0n) is 11.5. The molecule has 0 amide bonds. The van der Waals surface area contributed by atoms with Crippen molar-refractivity contribution in [3.8, 4) is 0 Å². The Morgan fingerprint density at radius 3 is 2.25 bits per heavy atom. The van der Waals surface area contributed by atoms with E-state index in [2.05, 4.69) is 4.98 Å². The van der Waals surface area contributed by atoms with E-state index in [-0.39, 0.29) is 5.56 Å². The average molecular weight is 272 g/mol. The standard InChI is InChI=1S/C16H20N2O2/c17-13-6-12(16(19)20)7-18-15(13)14-10-2-8-1-9(4-10)5-11(14)3-8/h6-11,14H,1-5,17H2,(H,19,20). The molecule has 20 heavy (non-hydrogen) atoms. The van der Waals surface area contributed by atoms with E-state index in [0.717, 1.165) is 29.4 Å². The van der Waals surface area contributed by atoms with Crippen LogP contribution in [0.4, 0.5) is 5.69 Å². The fraction of sp³-hybridized carbons (Fsp3) is 0.625. The van der Waals surface area contributed by atoms with Gasteiger partial charge in [-0.2, -0.15) is 0 Å². The van der Waals surface area contributed by atoms with Gasteiger partial charge >= 0.3 is 5.97 Å². The van der Waals surface area contributed by atoms with Crippen LogP contribution in [0.25, 0.3) is 0 Å². The van der Waals surface area contributed by atoms with Crippen molar-refractivity contribution in [1.82, 2.24) is 4.98 Å². The van der Waals surface area contributed by atoms with Crippen LogP contribution >= 0.6 is 0 Å². The molecule has 106 valence electrons. The number of carbonyl (C=O) groups is 1. The van der Waals surface area contributed by atoms with Crippen LogP contribution in [0.15, 0.2) is 12.3 Å². The number of pyridine rings is 1. The van der Waals surface area contributed by atoms with Crippen LogP contribution in [-0.4, -0.2) is 16.1 Å². The van der Waals surface area contributed by atoms with Crippen molar-refractivity contribution in [1.29, 1.82) is 0 Å². The highest BCUT2D eigenvalue weighted by atomic mass is 16.4. The Morgan fingerprint density at radius 1 is 1.15 bits per heavy atom. The van der Waals surface area contributed by atoms with Gasteiger partial charge in [-0.3, -0.25) is 4.98 Å². The lowest BCUT2D eigenvalue weighted by Gasteiger charge is -2.54. The first-order valence-electron chi connectivity index (χ1n) is 7.60. The highest BCUT2D eigenvalue weighted by Gasteiger charge is 2.49. The summed E-state index contributed by atoms with van der Waals surface area (Å²) in [6, 6.07) is 1.58. The van der Waals surface area contributed by atoms with Crippen LogP contribution in [0.5, 0.6) is 0 Å². The maximum atomic E-state index is 11.0. The smallest absolute Gasteiger partial charge is 0.337 e. The molecule has 4 aliphatic carbocycles. The normalized spacial score (nSPS) is 38.1. The second kappa shape index (κ2) is 4.21. The number of hydrogen-bond acceptors (Lipinski definition) is 3. The maximum Gasteiger partial charge on any atom is 0.337 e. The van der Waals surface area contributed by atoms with Gasteiger partial charge in [0.1, 0.15) is 0 Å². The molecule has 1 aromatic heterocycles. The molecule has 0 radical (unpaired) electrons. The van der Waals surface area contributed by atoms with E-state index in [9.17, 15) is 4.79 Å². The molecule has 0 unspecified atom stereocenters. The Bertz CT molecular complexity index is 542. The Hall–Kier alpha value is -1.58. The van der Waals surface area contributed by atoms with Crippen molar-refractivity contribution in [2.75, 3.05) is 5.73 Å². The second-order valence-corrected chi connectivity index (χ2v) is 6.96. The molecule has 0 aliphatic heterocycles. The van der Waals surface area contributed by atoms with Gasteiger partial charge in [0.15, 0.2) is 0 Å². The SMILES string of the molecule is Nc1cc(C(=O)O)cnc1C1C2CC3CC(C2)CC1C3. The summed E-state index contributed by atoms with van der Waals surface area (Å²) in [5.74, 6) is 2.79. The van der Waals surface area contributed by atoms with Gasteiger partial charge in [0.05, 0.1) is 16.9 Å². The number of anilines is 1. The summed E-state index contributed by atoms with van der Waals surface area (Å²) in [4.78, 5) is 15.4. The summed E-state index contributed by atoms with van der Waals surface area (Å²) in [7, 11) is 0. The number of aromatic nitrogens is 1. The number of carboxylic acids is 1. The van der Waals surface area contributed by atoms with Crippen LogP contribution in [0, 0.1) is 23.7 Å². The molecule has 5 rings (SSSR count). The van der Waals surface area contributed by atoms with E-state index >= 15 is 0 Å². The van der Waals surface area contributed by atoms with Gasteiger partial charge in [-0.1, -0.05) is 0 Å². The van der Waals surface area contributed by atoms with Crippen molar-refractivity contribution in [3.05, 3.63) is 23.5 Å². The van der Waals surface area contributed by atoms with Crippen LogP contribution in [0.2, 0.25) is 0 Å². The highest BCUT2D eigenvalue weighted by Crippen LogP contribution is 2.60. The zero-order chi connectivity index (χ0) is 13.9. The van der Waals surface area contributed by atoms with E-state index in [4.69, 9.17) is 10.8 Å². The number of carboxylic acid groups (broad SMARTS) is 1. The van der Waals surface area contributed by atoms with Crippen LogP contribution in [-0.2, 0) is 0 Å². The van der Waals surface area contributed by atoms with Crippen molar-refractivity contribution in [3.63, 3.8) is 0 Å². The monoisotopic (exact) mass is 272 g/mol. The second-order valence-electron chi connectivity index (χ2n) is 6.96. The summed E-state index contributed by atoms with van der Waals surface area (Å²) in [5.41, 5.74) is 7.84. The van der Waals surface area contributed by atoms with Crippen LogP contribution in [0.1, 0.15) is 54.1 Å². The molecular formula is C16H20N2O2. The molecule has 3 N–H and O–H groups in total. The first-order valence-corrected chi connectivity index (χ1v) is 7.60. The topological polar surface area (TPSA) is 76.2 Å². The third-order valence-corrected chi connectivity index (χ3v) is 5.74. The van der Waals surface area contributed by atoms with Crippen LogP contribution in [0.3, 0.4) is 0 Å². The molecule has 4 heteroatoms. The number of nitrogens with two attached hydrogens (primary N) is 1. The zero-order valence-corrected chi connectivity index (χ0v) is 11.5. The third kappa shape index (κ3) is 1.74.